The second-order valence-electron chi connectivity index (χ2n) is 15.4. The van der Waals surface area contributed by atoms with Gasteiger partial charge in [0.2, 0.25) is 17.7 Å². The van der Waals surface area contributed by atoms with Crippen LogP contribution in [-0.2, 0) is 54.1 Å². The summed E-state index contributed by atoms with van der Waals surface area (Å²) in [6.45, 7) is 14.7. The largest absolute Gasteiger partial charge is 0.391 e. The monoisotopic (exact) mass is 835 g/mol. The maximum Gasteiger partial charge on any atom is 0.246 e. The summed E-state index contributed by atoms with van der Waals surface area (Å²) in [4.78, 5) is 46.8. The molecule has 0 unspecified atom stereocenters. The van der Waals surface area contributed by atoms with Crippen LogP contribution >= 0.6 is 11.3 Å². The van der Waals surface area contributed by atoms with Gasteiger partial charge in [0.25, 0.3) is 0 Å². The first-order valence-electron chi connectivity index (χ1n) is 20.4. The number of aryl methyl sites for hydroxylation is 1. The summed E-state index contributed by atoms with van der Waals surface area (Å²) in [7, 11) is 0. The number of nitrogens with zero attached hydrogens (tertiary/aromatic N) is 2. The SMILES string of the molecule is Cc1ncsc1-c1ccc(CNC(=O)[C@@H]2C[C@@H](O)CN2C(=O)[C@@H](NC(=O)COCCOCCOCCOCCOCCOCCOC2CCNCC2)C(C)(C)C)cc1. The Morgan fingerprint density at radius 3 is 1.95 bits per heavy atom. The number of β-amino-alcohol motifs (C(OH)–C–C–N with tert-alkyl or cyclic N) is 1. The van der Waals surface area contributed by atoms with Crippen molar-refractivity contribution in [3.05, 3.63) is 41.0 Å². The molecule has 2 aliphatic rings. The third kappa shape index (κ3) is 17.2. The van der Waals surface area contributed by atoms with Crippen LogP contribution in [0, 0.1) is 12.3 Å². The lowest BCUT2D eigenvalue weighted by atomic mass is 9.85. The number of aliphatic hydroxyl groups is 1. The van der Waals surface area contributed by atoms with Crippen LogP contribution in [0.4, 0.5) is 0 Å². The summed E-state index contributed by atoms with van der Waals surface area (Å²) >= 11 is 1.57. The fourth-order valence-electron chi connectivity index (χ4n) is 6.48. The van der Waals surface area contributed by atoms with Crippen LogP contribution in [0.5, 0.6) is 0 Å². The van der Waals surface area contributed by atoms with Crippen LogP contribution in [-0.4, -0.2) is 163 Å². The van der Waals surface area contributed by atoms with Crippen LogP contribution in [0.25, 0.3) is 10.4 Å². The molecule has 2 fully saturated rings. The Labute approximate surface area is 346 Å². The number of carbonyl (C=O) groups is 3. The van der Waals surface area contributed by atoms with Crippen molar-refractivity contribution in [1.29, 1.82) is 0 Å². The van der Waals surface area contributed by atoms with E-state index in [9.17, 15) is 19.5 Å². The molecule has 2 aliphatic heterocycles. The average molecular weight is 836 g/mol. The van der Waals surface area contributed by atoms with Gasteiger partial charge in [0.15, 0.2) is 0 Å². The van der Waals surface area contributed by atoms with Crippen LogP contribution in [0.15, 0.2) is 29.8 Å². The number of aromatic nitrogens is 1. The average Bonchev–Trinajstić information content (AvgIpc) is 3.83. The van der Waals surface area contributed by atoms with E-state index < -0.39 is 35.4 Å². The first kappa shape index (κ1) is 47.6. The van der Waals surface area contributed by atoms with E-state index in [1.54, 1.807) is 11.3 Å². The summed E-state index contributed by atoms with van der Waals surface area (Å²) in [5.41, 5.74) is 4.05. The van der Waals surface area contributed by atoms with E-state index in [-0.39, 0.29) is 45.2 Å². The number of likely N-dealkylation sites (tertiary alicyclic amines) is 1. The Kier molecular flexibility index (Phi) is 21.5. The predicted molar refractivity (Wildman–Crippen MR) is 218 cm³/mol. The second kappa shape index (κ2) is 26.2. The number of benzene rings is 1. The van der Waals surface area contributed by atoms with Gasteiger partial charge in [-0.05, 0) is 49.4 Å². The van der Waals surface area contributed by atoms with Gasteiger partial charge in [-0.25, -0.2) is 4.98 Å². The van der Waals surface area contributed by atoms with Gasteiger partial charge in [-0.1, -0.05) is 45.0 Å². The zero-order valence-electron chi connectivity index (χ0n) is 34.7. The van der Waals surface area contributed by atoms with Gasteiger partial charge in [0.05, 0.1) is 108 Å². The zero-order valence-corrected chi connectivity index (χ0v) is 35.5. The zero-order chi connectivity index (χ0) is 41.6. The number of piperidine rings is 1. The minimum absolute atomic E-state index is 0.00583. The fourth-order valence-corrected chi connectivity index (χ4v) is 7.29. The van der Waals surface area contributed by atoms with Gasteiger partial charge >= 0.3 is 0 Å². The molecule has 3 heterocycles. The van der Waals surface area contributed by atoms with E-state index in [1.165, 1.54) is 4.90 Å². The fraction of sp³-hybridized carbons (Fsp3) is 0.707. The third-order valence-electron chi connectivity index (χ3n) is 9.67. The molecule has 0 bridgehead atoms. The van der Waals surface area contributed by atoms with E-state index in [0.717, 1.165) is 47.6 Å². The lowest BCUT2D eigenvalue weighted by molar-refractivity contribution is -0.144. The minimum atomic E-state index is -0.948. The molecule has 0 aliphatic carbocycles. The van der Waals surface area contributed by atoms with Crippen molar-refractivity contribution in [2.75, 3.05) is 106 Å². The van der Waals surface area contributed by atoms with Gasteiger partial charge in [0, 0.05) is 19.5 Å². The number of thiazole rings is 1. The van der Waals surface area contributed by atoms with Crippen molar-refractivity contribution in [1.82, 2.24) is 25.8 Å². The highest BCUT2D eigenvalue weighted by Gasteiger charge is 2.44. The van der Waals surface area contributed by atoms with Gasteiger partial charge in [-0.2, -0.15) is 0 Å². The number of amides is 3. The molecule has 2 saturated heterocycles. The standard InChI is InChI=1S/C41H65N5O11S/c1-30-37(58-29-44-30)32-7-5-31(6-8-32)26-43-39(49)35-25-33(47)27-46(35)40(50)38(41(2,3)4)45-36(48)28-56-22-21-54-18-17-52-14-13-51-15-16-53-19-20-55-23-24-57-34-9-11-42-12-10-34/h5-8,29,33-35,38,42,47H,9-28H2,1-4H3,(H,43,49)(H,45,48)/t33-,35+,38-/m1/s1. The Morgan fingerprint density at radius 2 is 1.41 bits per heavy atom. The molecule has 0 spiro atoms. The first-order chi connectivity index (χ1) is 28.0. The van der Waals surface area contributed by atoms with E-state index >= 15 is 0 Å². The third-order valence-corrected chi connectivity index (χ3v) is 10.6. The molecule has 4 rings (SSSR count). The van der Waals surface area contributed by atoms with E-state index in [2.05, 4.69) is 20.9 Å². The van der Waals surface area contributed by atoms with Gasteiger partial charge in [0.1, 0.15) is 18.7 Å². The van der Waals surface area contributed by atoms with Crippen LogP contribution in [0.2, 0.25) is 0 Å². The van der Waals surface area contributed by atoms with Crippen molar-refractivity contribution >= 4 is 29.1 Å². The number of aliphatic hydroxyl groups excluding tert-OH is 1. The number of ether oxygens (including phenoxy) is 7. The number of nitrogens with one attached hydrogen (secondary N) is 3. The van der Waals surface area contributed by atoms with Crippen molar-refractivity contribution in [3.8, 4) is 10.4 Å². The van der Waals surface area contributed by atoms with Crippen molar-refractivity contribution in [2.24, 2.45) is 5.41 Å². The molecule has 4 N–H and O–H groups in total. The van der Waals surface area contributed by atoms with Crippen LogP contribution in [0.1, 0.15) is 51.3 Å². The Morgan fingerprint density at radius 1 is 0.862 bits per heavy atom. The molecule has 17 heteroatoms. The molecular formula is C41H65N5O11S. The molecule has 326 valence electrons. The van der Waals surface area contributed by atoms with Crippen LogP contribution < -0.4 is 16.0 Å². The second-order valence-corrected chi connectivity index (χ2v) is 16.2. The summed E-state index contributed by atoms with van der Waals surface area (Å²) in [5.74, 6) is -1.27. The molecule has 58 heavy (non-hydrogen) atoms. The molecule has 3 amide bonds. The summed E-state index contributed by atoms with van der Waals surface area (Å²) in [6.07, 6.45) is 1.70. The quantitative estimate of drug-likeness (QED) is 0.0960. The number of rotatable bonds is 27. The Hall–Kier alpha value is -3.10. The van der Waals surface area contributed by atoms with Crippen LogP contribution in [0.3, 0.4) is 0 Å². The van der Waals surface area contributed by atoms with E-state index in [0.29, 0.717) is 72.2 Å². The maximum atomic E-state index is 13.8. The molecular weight excluding hydrogens is 771 g/mol. The smallest absolute Gasteiger partial charge is 0.246 e. The van der Waals surface area contributed by atoms with Gasteiger partial charge < -0.3 is 59.1 Å². The topological polar surface area (TPSA) is 188 Å². The number of carbonyl (C=O) groups excluding carboxylic acids is 3. The summed E-state index contributed by atoms with van der Waals surface area (Å²) in [5, 5.41) is 19.5. The molecule has 0 radical (unpaired) electrons. The van der Waals surface area contributed by atoms with Gasteiger partial charge in [-0.3, -0.25) is 14.4 Å². The molecule has 0 saturated carbocycles. The summed E-state index contributed by atoms with van der Waals surface area (Å²) < 4.78 is 38.9. The van der Waals surface area contributed by atoms with E-state index in [1.807, 2.05) is 57.5 Å². The Balaban J connectivity index is 1.01. The number of hydrogen-bond donors (Lipinski definition) is 4. The first-order valence-corrected chi connectivity index (χ1v) is 21.2. The normalized spacial score (nSPS) is 18.1. The highest BCUT2D eigenvalue weighted by Crippen LogP contribution is 2.28. The lowest BCUT2D eigenvalue weighted by Crippen LogP contribution is -2.58. The maximum absolute atomic E-state index is 13.8. The molecule has 16 nitrogen and oxygen atoms in total. The lowest BCUT2D eigenvalue weighted by Gasteiger charge is -2.35. The minimum Gasteiger partial charge on any atom is -0.391 e. The highest BCUT2D eigenvalue weighted by atomic mass is 32.1. The van der Waals surface area contributed by atoms with E-state index in [4.69, 9.17) is 33.2 Å². The molecule has 3 atom stereocenters. The molecule has 1 aromatic carbocycles. The molecule has 1 aromatic heterocycles. The van der Waals surface area contributed by atoms with Gasteiger partial charge in [-0.15, -0.1) is 11.3 Å². The highest BCUT2D eigenvalue weighted by molar-refractivity contribution is 7.13. The number of hydrogen-bond acceptors (Lipinski definition) is 14. The van der Waals surface area contributed by atoms with Crippen molar-refractivity contribution < 1.29 is 52.6 Å². The summed E-state index contributed by atoms with van der Waals surface area (Å²) in [6, 6.07) is 6.05. The van der Waals surface area contributed by atoms with Crippen molar-refractivity contribution in [2.45, 2.75) is 77.8 Å². The Bertz CT molecular complexity index is 1490. The van der Waals surface area contributed by atoms with Crippen molar-refractivity contribution in [3.63, 3.8) is 0 Å². The molecule has 2 aromatic rings. The predicted octanol–water partition coefficient (Wildman–Crippen LogP) is 2.10.